The molecule has 0 fully saturated rings. The first kappa shape index (κ1) is 16.0. The third-order valence-corrected chi connectivity index (χ3v) is 2.99. The first-order valence-corrected chi connectivity index (χ1v) is 6.77. The molecule has 1 aromatic heterocycles. The van der Waals surface area contributed by atoms with Gasteiger partial charge in [-0.3, -0.25) is 0 Å². The highest BCUT2D eigenvalue weighted by atomic mass is 16.5. The van der Waals surface area contributed by atoms with Gasteiger partial charge in [-0.1, -0.05) is 18.9 Å². The number of aromatic nitrogens is 1. The SMILES string of the molecule is C=CCCCCCC(Nc1ccc(OC)nc1)C(=O)O. The molecule has 2 N–H and O–H groups in total. The number of unbranched alkanes of at least 4 members (excludes halogenated alkanes) is 3. The molecule has 0 aliphatic carbocycles. The molecule has 0 amide bonds. The number of nitrogens with one attached hydrogen (secondary N) is 1. The Balaban J connectivity index is 2.45. The molecule has 1 unspecified atom stereocenters. The first-order valence-electron chi connectivity index (χ1n) is 6.77. The first-order chi connectivity index (χ1) is 9.67. The van der Waals surface area contributed by atoms with Gasteiger partial charge in [0.1, 0.15) is 6.04 Å². The second kappa shape index (κ2) is 8.96. The molecule has 0 bridgehead atoms. The predicted octanol–water partition coefficient (Wildman–Crippen LogP) is 3.09. The number of hydrogen-bond donors (Lipinski definition) is 2. The lowest BCUT2D eigenvalue weighted by Gasteiger charge is -2.15. The molecule has 110 valence electrons. The molecule has 5 nitrogen and oxygen atoms in total. The van der Waals surface area contributed by atoms with Gasteiger partial charge >= 0.3 is 5.97 Å². The summed E-state index contributed by atoms with van der Waals surface area (Å²) in [4.78, 5) is 15.3. The van der Waals surface area contributed by atoms with Crippen LogP contribution in [0.15, 0.2) is 31.0 Å². The highest BCUT2D eigenvalue weighted by Crippen LogP contribution is 2.15. The predicted molar refractivity (Wildman–Crippen MR) is 79.1 cm³/mol. The Hall–Kier alpha value is -2.04. The van der Waals surface area contributed by atoms with Crippen LogP contribution in [0.3, 0.4) is 0 Å². The van der Waals surface area contributed by atoms with Gasteiger partial charge in [-0.15, -0.1) is 6.58 Å². The van der Waals surface area contributed by atoms with Crippen molar-refractivity contribution < 1.29 is 14.6 Å². The zero-order valence-corrected chi connectivity index (χ0v) is 11.8. The van der Waals surface area contributed by atoms with Crippen LogP contribution in [0.4, 0.5) is 5.69 Å². The monoisotopic (exact) mass is 278 g/mol. The van der Waals surface area contributed by atoms with E-state index >= 15 is 0 Å². The maximum atomic E-state index is 11.2. The minimum atomic E-state index is -0.843. The largest absolute Gasteiger partial charge is 0.481 e. The van der Waals surface area contributed by atoms with Crippen LogP contribution in [-0.4, -0.2) is 29.2 Å². The average Bonchev–Trinajstić information content (AvgIpc) is 2.46. The number of ether oxygens (including phenoxy) is 1. The standard InChI is InChI=1S/C15H22N2O3/c1-3-4-5-6-7-8-13(15(18)19)17-12-9-10-14(20-2)16-11-12/h3,9-11,13,17H,1,4-8H2,2H3,(H,18,19). The Morgan fingerprint density at radius 1 is 1.50 bits per heavy atom. The number of carboxylic acids is 1. The van der Waals surface area contributed by atoms with E-state index in [-0.39, 0.29) is 0 Å². The maximum Gasteiger partial charge on any atom is 0.326 e. The lowest BCUT2D eigenvalue weighted by molar-refractivity contribution is -0.138. The van der Waals surface area contributed by atoms with Crippen molar-refractivity contribution in [3.63, 3.8) is 0 Å². The van der Waals surface area contributed by atoms with E-state index in [9.17, 15) is 9.90 Å². The van der Waals surface area contributed by atoms with Gasteiger partial charge in [0.25, 0.3) is 0 Å². The van der Waals surface area contributed by atoms with E-state index in [4.69, 9.17) is 4.74 Å². The molecule has 0 saturated heterocycles. The Bertz CT molecular complexity index is 418. The van der Waals surface area contributed by atoms with Crippen LogP contribution in [0.2, 0.25) is 0 Å². The van der Waals surface area contributed by atoms with Gasteiger partial charge in [-0.2, -0.15) is 0 Å². The molecule has 0 aromatic carbocycles. The zero-order valence-electron chi connectivity index (χ0n) is 11.8. The van der Waals surface area contributed by atoms with E-state index in [0.29, 0.717) is 18.0 Å². The molecule has 1 aromatic rings. The van der Waals surface area contributed by atoms with Gasteiger partial charge in [-0.05, 0) is 25.3 Å². The number of methoxy groups -OCH3 is 1. The summed E-state index contributed by atoms with van der Waals surface area (Å²) in [6, 6.07) is 2.87. The fourth-order valence-electron chi connectivity index (χ4n) is 1.86. The minimum Gasteiger partial charge on any atom is -0.481 e. The van der Waals surface area contributed by atoms with Crippen molar-refractivity contribution >= 4 is 11.7 Å². The van der Waals surface area contributed by atoms with Crippen LogP contribution in [0, 0.1) is 0 Å². The van der Waals surface area contributed by atoms with Gasteiger partial charge < -0.3 is 15.2 Å². The molecule has 1 heterocycles. The molecular formula is C15H22N2O3. The van der Waals surface area contributed by atoms with Gasteiger partial charge in [-0.25, -0.2) is 9.78 Å². The Morgan fingerprint density at radius 3 is 2.85 bits per heavy atom. The quantitative estimate of drug-likeness (QED) is 0.508. The Kier molecular flexibility index (Phi) is 7.17. The molecule has 0 saturated carbocycles. The van der Waals surface area contributed by atoms with Crippen molar-refractivity contribution in [3.05, 3.63) is 31.0 Å². The normalized spacial score (nSPS) is 11.7. The molecule has 0 aliphatic heterocycles. The number of nitrogens with zero attached hydrogens (tertiary/aromatic N) is 1. The van der Waals surface area contributed by atoms with Crippen molar-refractivity contribution in [1.82, 2.24) is 4.98 Å². The fraction of sp³-hybridized carbons (Fsp3) is 0.467. The van der Waals surface area contributed by atoms with Crippen LogP contribution in [0.25, 0.3) is 0 Å². The highest BCUT2D eigenvalue weighted by molar-refractivity contribution is 5.77. The summed E-state index contributed by atoms with van der Waals surface area (Å²) in [5.41, 5.74) is 0.685. The number of hydrogen-bond acceptors (Lipinski definition) is 4. The summed E-state index contributed by atoms with van der Waals surface area (Å²) in [6.45, 7) is 3.67. The van der Waals surface area contributed by atoms with Crippen molar-refractivity contribution in [1.29, 1.82) is 0 Å². The number of aliphatic carboxylic acids is 1. The van der Waals surface area contributed by atoms with E-state index in [1.54, 1.807) is 25.4 Å². The molecule has 0 spiro atoms. The molecular weight excluding hydrogens is 256 g/mol. The van der Waals surface area contributed by atoms with E-state index in [1.165, 1.54) is 0 Å². The van der Waals surface area contributed by atoms with E-state index in [1.807, 2.05) is 6.08 Å². The summed E-state index contributed by atoms with van der Waals surface area (Å²) in [5.74, 6) is -0.337. The van der Waals surface area contributed by atoms with Gasteiger partial charge in [0, 0.05) is 6.07 Å². The fourth-order valence-corrected chi connectivity index (χ4v) is 1.86. The summed E-state index contributed by atoms with van der Waals surface area (Å²) in [5, 5.41) is 12.2. The van der Waals surface area contributed by atoms with Crippen LogP contribution < -0.4 is 10.1 Å². The molecule has 5 heteroatoms. The molecule has 0 aliphatic rings. The second-order valence-corrected chi connectivity index (χ2v) is 4.55. The van der Waals surface area contributed by atoms with Crippen LogP contribution >= 0.6 is 0 Å². The van der Waals surface area contributed by atoms with Gasteiger partial charge in [0.2, 0.25) is 5.88 Å². The van der Waals surface area contributed by atoms with E-state index in [2.05, 4.69) is 16.9 Å². The van der Waals surface area contributed by atoms with Crippen LogP contribution in [0.5, 0.6) is 5.88 Å². The number of carboxylic acid groups (broad SMARTS) is 1. The van der Waals surface area contributed by atoms with E-state index in [0.717, 1.165) is 25.7 Å². The summed E-state index contributed by atoms with van der Waals surface area (Å²) < 4.78 is 4.96. The van der Waals surface area contributed by atoms with Crippen molar-refractivity contribution in [2.75, 3.05) is 12.4 Å². The summed E-state index contributed by atoms with van der Waals surface area (Å²) in [6.07, 6.45) is 7.98. The van der Waals surface area contributed by atoms with Crippen LogP contribution in [0.1, 0.15) is 32.1 Å². The number of rotatable bonds is 10. The Morgan fingerprint density at radius 2 is 2.30 bits per heavy atom. The third-order valence-electron chi connectivity index (χ3n) is 2.99. The number of carbonyl (C=O) groups is 1. The second-order valence-electron chi connectivity index (χ2n) is 4.55. The smallest absolute Gasteiger partial charge is 0.326 e. The van der Waals surface area contributed by atoms with Gasteiger partial charge in [0.05, 0.1) is 19.0 Å². The molecule has 1 atom stereocenters. The summed E-state index contributed by atoms with van der Waals surface area (Å²) in [7, 11) is 1.54. The highest BCUT2D eigenvalue weighted by Gasteiger charge is 2.16. The molecule has 20 heavy (non-hydrogen) atoms. The van der Waals surface area contributed by atoms with Crippen molar-refractivity contribution in [2.45, 2.75) is 38.1 Å². The van der Waals surface area contributed by atoms with Crippen LogP contribution in [-0.2, 0) is 4.79 Å². The minimum absolute atomic E-state index is 0.506. The number of anilines is 1. The Labute approximate surface area is 119 Å². The molecule has 1 rings (SSSR count). The number of pyridine rings is 1. The topological polar surface area (TPSA) is 71.5 Å². The third kappa shape index (κ3) is 5.73. The van der Waals surface area contributed by atoms with E-state index < -0.39 is 12.0 Å². The van der Waals surface area contributed by atoms with Crippen molar-refractivity contribution in [3.8, 4) is 5.88 Å². The zero-order chi connectivity index (χ0) is 14.8. The lowest BCUT2D eigenvalue weighted by Crippen LogP contribution is -2.29. The lowest BCUT2D eigenvalue weighted by atomic mass is 10.1. The van der Waals surface area contributed by atoms with Crippen molar-refractivity contribution in [2.24, 2.45) is 0 Å². The maximum absolute atomic E-state index is 11.2. The number of allylic oxidation sites excluding steroid dienone is 1. The average molecular weight is 278 g/mol. The molecule has 0 radical (unpaired) electrons. The summed E-state index contributed by atoms with van der Waals surface area (Å²) >= 11 is 0. The van der Waals surface area contributed by atoms with Gasteiger partial charge in [0.15, 0.2) is 0 Å².